The maximum absolute atomic E-state index is 11.9. The molecule has 0 aliphatic heterocycles. The molecule has 0 atom stereocenters. The summed E-state index contributed by atoms with van der Waals surface area (Å²) in [5.41, 5.74) is 6.35. The van der Waals surface area contributed by atoms with Crippen molar-refractivity contribution >= 4 is 27.3 Å². The number of hydrogen-bond acceptors (Lipinski definition) is 3. The molecule has 0 amide bonds. The van der Waals surface area contributed by atoms with E-state index in [1.165, 1.54) is 12.1 Å². The van der Waals surface area contributed by atoms with Crippen LogP contribution in [0.1, 0.15) is 18.4 Å². The number of sulfonamides is 1. The first-order valence-corrected chi connectivity index (χ1v) is 7.51. The quantitative estimate of drug-likeness (QED) is 0.644. The minimum Gasteiger partial charge on any atom is -0.398 e. The molecule has 1 aromatic carbocycles. The molecule has 9 heteroatoms. The molecule has 0 saturated heterocycles. The molecular weight excluding hydrogens is 317 g/mol. The number of rotatable bonds is 5. The van der Waals surface area contributed by atoms with Crippen molar-refractivity contribution in [1.82, 2.24) is 4.72 Å². The molecule has 0 heterocycles. The van der Waals surface area contributed by atoms with Crippen LogP contribution < -0.4 is 10.5 Å². The Hall–Kier alpha value is -0.990. The van der Waals surface area contributed by atoms with Crippen LogP contribution in [-0.4, -0.2) is 21.1 Å². The number of nitrogens with one attached hydrogen (secondary N) is 1. The average Bonchev–Trinajstić information content (AvgIpc) is 2.30. The summed E-state index contributed by atoms with van der Waals surface area (Å²) >= 11 is 5.83. The highest BCUT2D eigenvalue weighted by Gasteiger charge is 2.26. The highest BCUT2D eigenvalue weighted by atomic mass is 35.5. The summed E-state index contributed by atoms with van der Waals surface area (Å²) in [6, 6.07) is 2.42. The second kappa shape index (κ2) is 6.19. The third-order valence-electron chi connectivity index (χ3n) is 2.60. The Bertz CT molecular complexity index is 565. The number of nitrogen functional groups attached to an aromatic ring is 1. The zero-order chi connectivity index (χ0) is 15.6. The molecule has 1 aromatic rings. The van der Waals surface area contributed by atoms with Crippen LogP contribution in [-0.2, 0) is 10.0 Å². The maximum atomic E-state index is 11.9. The first-order chi connectivity index (χ1) is 9.03. The molecule has 114 valence electrons. The fourth-order valence-electron chi connectivity index (χ4n) is 1.41. The second-order valence-corrected chi connectivity index (χ2v) is 6.41. The summed E-state index contributed by atoms with van der Waals surface area (Å²) in [7, 11) is -3.92. The zero-order valence-corrected chi connectivity index (χ0v) is 12.2. The van der Waals surface area contributed by atoms with Gasteiger partial charge in [0.25, 0.3) is 0 Å². The zero-order valence-electron chi connectivity index (χ0n) is 10.6. The summed E-state index contributed by atoms with van der Waals surface area (Å²) in [5, 5.41) is 0.181. The van der Waals surface area contributed by atoms with E-state index in [0.29, 0.717) is 5.56 Å². The molecule has 0 bridgehead atoms. The van der Waals surface area contributed by atoms with Gasteiger partial charge in [-0.1, -0.05) is 11.6 Å². The van der Waals surface area contributed by atoms with E-state index in [1.807, 2.05) is 0 Å². The number of benzene rings is 1. The average molecular weight is 331 g/mol. The number of halogens is 4. The molecule has 0 unspecified atom stereocenters. The molecule has 3 N–H and O–H groups in total. The van der Waals surface area contributed by atoms with Gasteiger partial charge in [0, 0.05) is 23.7 Å². The molecule has 0 spiro atoms. The van der Waals surface area contributed by atoms with Gasteiger partial charge in [0.2, 0.25) is 10.0 Å². The van der Waals surface area contributed by atoms with Crippen LogP contribution in [0.15, 0.2) is 17.0 Å². The van der Waals surface area contributed by atoms with Crippen LogP contribution in [0.3, 0.4) is 0 Å². The summed E-state index contributed by atoms with van der Waals surface area (Å²) in [5.74, 6) is 0. The molecule has 0 aliphatic carbocycles. The summed E-state index contributed by atoms with van der Waals surface area (Å²) in [6.07, 6.45) is -5.69. The van der Waals surface area contributed by atoms with Gasteiger partial charge >= 0.3 is 6.18 Å². The molecule has 20 heavy (non-hydrogen) atoms. The minimum absolute atomic E-state index is 0.169. The van der Waals surface area contributed by atoms with E-state index in [9.17, 15) is 21.6 Å². The van der Waals surface area contributed by atoms with Gasteiger partial charge < -0.3 is 5.73 Å². The van der Waals surface area contributed by atoms with Crippen LogP contribution in [0.5, 0.6) is 0 Å². The van der Waals surface area contributed by atoms with Gasteiger partial charge in [-0.3, -0.25) is 0 Å². The van der Waals surface area contributed by atoms with E-state index in [2.05, 4.69) is 4.72 Å². The van der Waals surface area contributed by atoms with Crippen LogP contribution in [0, 0.1) is 6.92 Å². The highest BCUT2D eigenvalue weighted by Crippen LogP contribution is 2.26. The third-order valence-corrected chi connectivity index (χ3v) is 4.43. The fourth-order valence-corrected chi connectivity index (χ4v) is 2.83. The van der Waals surface area contributed by atoms with Crippen molar-refractivity contribution in [3.05, 3.63) is 22.7 Å². The van der Waals surface area contributed by atoms with E-state index < -0.39 is 22.6 Å². The largest absolute Gasteiger partial charge is 0.398 e. The topological polar surface area (TPSA) is 72.2 Å². The highest BCUT2D eigenvalue weighted by molar-refractivity contribution is 7.89. The SMILES string of the molecule is Cc1c(N)cc(S(=O)(=O)NCCCC(F)(F)F)cc1Cl. The molecular formula is C11H14ClF3N2O2S. The van der Waals surface area contributed by atoms with E-state index in [1.54, 1.807) is 6.92 Å². The van der Waals surface area contributed by atoms with Gasteiger partial charge in [-0.05, 0) is 31.0 Å². The Morgan fingerprint density at radius 1 is 1.35 bits per heavy atom. The number of alkyl halides is 3. The van der Waals surface area contributed by atoms with Gasteiger partial charge in [-0.15, -0.1) is 0 Å². The Labute approximate surface area is 120 Å². The van der Waals surface area contributed by atoms with Gasteiger partial charge in [0.15, 0.2) is 0 Å². The van der Waals surface area contributed by atoms with Gasteiger partial charge in [0.05, 0.1) is 4.90 Å². The van der Waals surface area contributed by atoms with E-state index in [4.69, 9.17) is 17.3 Å². The van der Waals surface area contributed by atoms with Crippen molar-refractivity contribution in [2.75, 3.05) is 12.3 Å². The van der Waals surface area contributed by atoms with Gasteiger partial charge in [-0.25, -0.2) is 13.1 Å². The molecule has 0 radical (unpaired) electrons. The van der Waals surface area contributed by atoms with Gasteiger partial charge in [0.1, 0.15) is 0 Å². The lowest BCUT2D eigenvalue weighted by atomic mass is 10.2. The van der Waals surface area contributed by atoms with Crippen molar-refractivity contribution in [3.8, 4) is 0 Å². The van der Waals surface area contributed by atoms with Crippen LogP contribution in [0.25, 0.3) is 0 Å². The van der Waals surface area contributed by atoms with Crippen molar-refractivity contribution in [1.29, 1.82) is 0 Å². The first kappa shape index (κ1) is 17.1. The lowest BCUT2D eigenvalue weighted by Gasteiger charge is -2.10. The van der Waals surface area contributed by atoms with Crippen LogP contribution in [0.4, 0.5) is 18.9 Å². The number of nitrogens with two attached hydrogens (primary N) is 1. The third kappa shape index (κ3) is 4.84. The number of hydrogen-bond donors (Lipinski definition) is 2. The summed E-state index contributed by atoms with van der Waals surface area (Å²) < 4.78 is 61.6. The van der Waals surface area contributed by atoms with E-state index in [0.717, 1.165) is 0 Å². The van der Waals surface area contributed by atoms with Crippen molar-refractivity contribution in [2.24, 2.45) is 0 Å². The predicted octanol–water partition coefficient (Wildman–Crippen LogP) is 2.85. The summed E-state index contributed by atoms with van der Waals surface area (Å²) in [4.78, 5) is -0.169. The molecule has 0 fully saturated rings. The Kier molecular flexibility index (Phi) is 5.28. The molecule has 0 saturated carbocycles. The predicted molar refractivity (Wildman–Crippen MR) is 71.1 cm³/mol. The minimum atomic E-state index is -4.30. The van der Waals surface area contributed by atoms with Crippen LogP contribution in [0.2, 0.25) is 5.02 Å². The van der Waals surface area contributed by atoms with E-state index >= 15 is 0 Å². The first-order valence-electron chi connectivity index (χ1n) is 5.65. The van der Waals surface area contributed by atoms with E-state index in [-0.39, 0.29) is 28.6 Å². The van der Waals surface area contributed by atoms with Gasteiger partial charge in [-0.2, -0.15) is 13.2 Å². The lowest BCUT2D eigenvalue weighted by molar-refractivity contribution is -0.135. The fraction of sp³-hybridized carbons (Fsp3) is 0.455. The van der Waals surface area contributed by atoms with Crippen molar-refractivity contribution in [2.45, 2.75) is 30.8 Å². The van der Waals surface area contributed by atoms with Crippen LogP contribution >= 0.6 is 11.6 Å². The smallest absolute Gasteiger partial charge is 0.389 e. The van der Waals surface area contributed by atoms with Crippen molar-refractivity contribution < 1.29 is 21.6 Å². The molecule has 0 aliphatic rings. The maximum Gasteiger partial charge on any atom is 0.389 e. The lowest BCUT2D eigenvalue weighted by Crippen LogP contribution is -2.26. The normalized spacial score (nSPS) is 12.7. The Balaban J connectivity index is 2.75. The molecule has 1 rings (SSSR count). The van der Waals surface area contributed by atoms with Crippen molar-refractivity contribution in [3.63, 3.8) is 0 Å². The Morgan fingerprint density at radius 2 is 1.95 bits per heavy atom. The Morgan fingerprint density at radius 3 is 2.45 bits per heavy atom. The number of anilines is 1. The second-order valence-electron chi connectivity index (χ2n) is 4.24. The molecule has 0 aromatic heterocycles. The summed E-state index contributed by atoms with van der Waals surface area (Å²) in [6.45, 7) is 1.32. The standard InChI is InChI=1S/C11H14ClF3N2O2S/c1-7-9(12)5-8(6-10(7)16)20(18,19)17-4-2-3-11(13,14)15/h5-6,17H,2-4,16H2,1H3. The molecule has 4 nitrogen and oxygen atoms in total. The monoisotopic (exact) mass is 330 g/mol.